The number of nitrogens with zero attached hydrogens (tertiary/aromatic N) is 5. The van der Waals surface area contributed by atoms with Crippen LogP contribution in [0.3, 0.4) is 0 Å². The molecule has 0 saturated heterocycles. The molecule has 2 aromatic rings. The van der Waals surface area contributed by atoms with Crippen molar-refractivity contribution in [3.05, 3.63) is 61.5 Å². The number of benzene rings is 1. The largest absolute Gasteiger partial charge is 0.341 e. The number of rotatable bonds is 8. The Labute approximate surface area is 145 Å². The average molecular weight is 340 g/mol. The molecule has 2 rings (SSSR count). The Kier molecular flexibility index (Phi) is 6.16. The molecule has 0 spiro atoms. The molecule has 1 N–H and O–H groups in total. The van der Waals surface area contributed by atoms with Crippen molar-refractivity contribution in [2.75, 3.05) is 13.1 Å². The number of amides is 2. The van der Waals surface area contributed by atoms with Gasteiger partial charge in [-0.2, -0.15) is 0 Å². The van der Waals surface area contributed by atoms with E-state index in [0.29, 0.717) is 24.3 Å². The average Bonchev–Trinajstić information content (AvgIpc) is 3.15. The van der Waals surface area contributed by atoms with Crippen LogP contribution in [0, 0.1) is 0 Å². The van der Waals surface area contributed by atoms with Gasteiger partial charge in [0.05, 0.1) is 5.69 Å². The minimum atomic E-state index is -0.677. The van der Waals surface area contributed by atoms with Crippen LogP contribution in [0.5, 0.6) is 0 Å². The van der Waals surface area contributed by atoms with Crippen LogP contribution in [0.1, 0.15) is 17.3 Å². The van der Waals surface area contributed by atoms with E-state index in [9.17, 15) is 9.59 Å². The number of hydrogen-bond acceptors (Lipinski definition) is 5. The lowest BCUT2D eigenvalue weighted by Gasteiger charge is -2.24. The van der Waals surface area contributed by atoms with Gasteiger partial charge in [-0.05, 0) is 35.5 Å². The van der Waals surface area contributed by atoms with Crippen LogP contribution in [0.4, 0.5) is 0 Å². The van der Waals surface area contributed by atoms with E-state index < -0.39 is 6.04 Å². The zero-order chi connectivity index (χ0) is 18.2. The highest BCUT2D eigenvalue weighted by Gasteiger charge is 2.21. The summed E-state index contributed by atoms with van der Waals surface area (Å²) >= 11 is 0. The van der Waals surface area contributed by atoms with E-state index in [2.05, 4.69) is 34.0 Å². The number of hydrogen-bond donors (Lipinski definition) is 1. The third-order valence-electron chi connectivity index (χ3n) is 3.45. The lowest BCUT2D eigenvalue weighted by Crippen LogP contribution is -2.47. The Bertz CT molecular complexity index is 746. The maximum Gasteiger partial charge on any atom is 0.251 e. The summed E-state index contributed by atoms with van der Waals surface area (Å²) in [5.74, 6) is -0.558. The van der Waals surface area contributed by atoms with Gasteiger partial charge in [-0.3, -0.25) is 9.59 Å². The molecule has 1 heterocycles. The van der Waals surface area contributed by atoms with Gasteiger partial charge in [0.1, 0.15) is 12.4 Å². The second-order valence-electron chi connectivity index (χ2n) is 5.32. The fourth-order valence-corrected chi connectivity index (χ4v) is 2.25. The molecule has 8 heteroatoms. The van der Waals surface area contributed by atoms with E-state index in [4.69, 9.17) is 0 Å². The molecule has 0 aliphatic heterocycles. The normalized spacial score (nSPS) is 11.4. The Morgan fingerprint density at radius 1 is 1.32 bits per heavy atom. The molecular formula is C17H20N6O2. The first-order chi connectivity index (χ1) is 12.1. The quantitative estimate of drug-likeness (QED) is 0.723. The standard InChI is InChI=1S/C17H20N6O2/c1-4-9-22(10-5-2)17(25)13(3)19-16(24)14-7-6-8-15(11-14)23-12-18-20-21-23/h4-8,11-13H,1-2,9-10H2,3H3,(H,19,24). The van der Waals surface area contributed by atoms with Gasteiger partial charge in [0.25, 0.3) is 5.91 Å². The van der Waals surface area contributed by atoms with Gasteiger partial charge >= 0.3 is 0 Å². The molecule has 25 heavy (non-hydrogen) atoms. The van der Waals surface area contributed by atoms with Gasteiger partial charge in [-0.15, -0.1) is 18.3 Å². The van der Waals surface area contributed by atoms with Crippen molar-refractivity contribution in [2.24, 2.45) is 0 Å². The van der Waals surface area contributed by atoms with Crippen LogP contribution >= 0.6 is 0 Å². The second-order valence-corrected chi connectivity index (χ2v) is 5.32. The number of aromatic nitrogens is 4. The third kappa shape index (κ3) is 4.60. The van der Waals surface area contributed by atoms with Gasteiger partial charge in [0.15, 0.2) is 0 Å². The number of carbonyl (C=O) groups is 2. The zero-order valence-corrected chi connectivity index (χ0v) is 14.0. The lowest BCUT2D eigenvalue weighted by atomic mass is 10.1. The van der Waals surface area contributed by atoms with E-state index in [1.54, 1.807) is 48.2 Å². The van der Waals surface area contributed by atoms with Crippen LogP contribution < -0.4 is 5.32 Å². The predicted octanol–water partition coefficient (Wildman–Crippen LogP) is 0.981. The topological polar surface area (TPSA) is 93.0 Å². The van der Waals surface area contributed by atoms with E-state index in [0.717, 1.165) is 0 Å². The Morgan fingerprint density at radius 2 is 2.04 bits per heavy atom. The summed E-state index contributed by atoms with van der Waals surface area (Å²) in [4.78, 5) is 26.4. The first kappa shape index (κ1) is 18.1. The van der Waals surface area contributed by atoms with Gasteiger partial charge in [0, 0.05) is 18.7 Å². The maximum absolute atomic E-state index is 12.4. The molecule has 2 amide bonds. The molecule has 0 fully saturated rings. The van der Waals surface area contributed by atoms with Crippen molar-refractivity contribution in [3.63, 3.8) is 0 Å². The summed E-state index contributed by atoms with van der Waals surface area (Å²) in [7, 11) is 0. The summed E-state index contributed by atoms with van der Waals surface area (Å²) in [6, 6.07) is 6.13. The van der Waals surface area contributed by atoms with Crippen LogP contribution in [0.25, 0.3) is 5.69 Å². The summed E-state index contributed by atoms with van der Waals surface area (Å²) < 4.78 is 1.45. The molecule has 8 nitrogen and oxygen atoms in total. The zero-order valence-electron chi connectivity index (χ0n) is 14.0. The molecule has 0 aliphatic rings. The Balaban J connectivity index is 2.08. The van der Waals surface area contributed by atoms with Gasteiger partial charge in [0.2, 0.25) is 5.91 Å². The predicted molar refractivity (Wildman–Crippen MR) is 93.1 cm³/mol. The highest BCUT2D eigenvalue weighted by Crippen LogP contribution is 2.09. The number of nitrogens with one attached hydrogen (secondary N) is 1. The minimum absolute atomic E-state index is 0.204. The molecule has 1 atom stereocenters. The summed E-state index contributed by atoms with van der Waals surface area (Å²) in [5.41, 5.74) is 1.06. The van der Waals surface area contributed by atoms with Gasteiger partial charge in [-0.1, -0.05) is 18.2 Å². The highest BCUT2D eigenvalue weighted by atomic mass is 16.2. The first-order valence-corrected chi connectivity index (χ1v) is 7.71. The van der Waals surface area contributed by atoms with E-state index in [-0.39, 0.29) is 11.8 Å². The van der Waals surface area contributed by atoms with Gasteiger partial charge in [-0.25, -0.2) is 4.68 Å². The molecule has 1 aromatic heterocycles. The van der Waals surface area contributed by atoms with Crippen molar-refractivity contribution >= 4 is 11.8 Å². The third-order valence-corrected chi connectivity index (χ3v) is 3.45. The molecular weight excluding hydrogens is 320 g/mol. The molecule has 0 radical (unpaired) electrons. The van der Waals surface area contributed by atoms with Crippen LogP contribution in [-0.2, 0) is 4.79 Å². The smallest absolute Gasteiger partial charge is 0.251 e. The fraction of sp³-hybridized carbons (Fsp3) is 0.235. The van der Waals surface area contributed by atoms with Gasteiger partial charge < -0.3 is 10.2 Å². The van der Waals surface area contributed by atoms with E-state index in [1.165, 1.54) is 11.0 Å². The molecule has 130 valence electrons. The summed E-state index contributed by atoms with van der Waals surface area (Å²) in [6.07, 6.45) is 4.70. The first-order valence-electron chi connectivity index (χ1n) is 7.71. The molecule has 1 aromatic carbocycles. The molecule has 0 aliphatic carbocycles. The summed E-state index contributed by atoms with van der Waals surface area (Å²) in [5, 5.41) is 13.6. The van der Waals surface area contributed by atoms with E-state index in [1.807, 2.05) is 0 Å². The van der Waals surface area contributed by atoms with Crippen molar-refractivity contribution in [1.82, 2.24) is 30.4 Å². The Hall–Kier alpha value is -3.29. The summed E-state index contributed by atoms with van der Waals surface area (Å²) in [6.45, 7) is 9.69. The van der Waals surface area contributed by atoms with E-state index >= 15 is 0 Å². The van der Waals surface area contributed by atoms with Crippen LogP contribution in [-0.4, -0.2) is 56.1 Å². The van der Waals surface area contributed by atoms with Crippen molar-refractivity contribution in [3.8, 4) is 5.69 Å². The van der Waals surface area contributed by atoms with Crippen LogP contribution in [0.2, 0.25) is 0 Å². The highest BCUT2D eigenvalue weighted by molar-refractivity contribution is 5.97. The van der Waals surface area contributed by atoms with Crippen molar-refractivity contribution < 1.29 is 9.59 Å². The SMILES string of the molecule is C=CCN(CC=C)C(=O)C(C)NC(=O)c1cccc(-n2cnnn2)c1. The van der Waals surface area contributed by atoms with Crippen molar-refractivity contribution in [2.45, 2.75) is 13.0 Å². The molecule has 0 saturated carbocycles. The maximum atomic E-state index is 12.4. The molecule has 1 unspecified atom stereocenters. The second kappa shape index (κ2) is 8.53. The molecule has 0 bridgehead atoms. The minimum Gasteiger partial charge on any atom is -0.341 e. The van der Waals surface area contributed by atoms with Crippen LogP contribution in [0.15, 0.2) is 55.9 Å². The van der Waals surface area contributed by atoms with Crippen molar-refractivity contribution in [1.29, 1.82) is 0 Å². The number of tetrazole rings is 1. The number of carbonyl (C=O) groups excluding carboxylic acids is 2. The fourth-order valence-electron chi connectivity index (χ4n) is 2.25. The Morgan fingerprint density at radius 3 is 2.64 bits per heavy atom. The monoisotopic (exact) mass is 340 g/mol. The lowest BCUT2D eigenvalue weighted by molar-refractivity contribution is -0.131.